The first-order chi connectivity index (χ1) is 13.5. The number of hydrogen-bond donors (Lipinski definition) is 2. The minimum absolute atomic E-state index is 0.0911. The Labute approximate surface area is 164 Å². The van der Waals surface area contributed by atoms with E-state index in [0.717, 1.165) is 0 Å². The minimum atomic E-state index is -0.807. The minimum Gasteiger partial charge on any atom is -0.698 e. The standard InChI is InChI=1S/C20H26N3O5/c1-4-28-20(25)18-15(11-27-10-9-21)23-12(2)16(19(24)26-3)17(18)13-7-5-6-8-14(13)22/h5-8,17,22H,4,9-11,21H2,1-3H3,(H,23,24,25)/q-1. The highest BCUT2D eigenvalue weighted by atomic mass is 16.5. The fourth-order valence-corrected chi connectivity index (χ4v) is 3.16. The largest absolute Gasteiger partial charge is 0.698 e. The van der Waals surface area contributed by atoms with Crippen molar-refractivity contribution < 1.29 is 23.8 Å². The van der Waals surface area contributed by atoms with Crippen molar-refractivity contribution in [2.24, 2.45) is 5.73 Å². The van der Waals surface area contributed by atoms with Gasteiger partial charge in [-0.05, 0) is 13.8 Å². The fraction of sp³-hybridized carbons (Fsp3) is 0.400. The van der Waals surface area contributed by atoms with Crippen LogP contribution < -0.4 is 11.1 Å². The summed E-state index contributed by atoms with van der Waals surface area (Å²) in [4.78, 5) is 25.4. The van der Waals surface area contributed by atoms with Gasteiger partial charge in [0.2, 0.25) is 0 Å². The van der Waals surface area contributed by atoms with Crippen LogP contribution in [0.15, 0.2) is 46.8 Å². The Bertz CT molecular complexity index is 801. The van der Waals surface area contributed by atoms with Crippen LogP contribution >= 0.6 is 0 Å². The highest BCUT2D eigenvalue weighted by molar-refractivity contribution is 6.00. The van der Waals surface area contributed by atoms with Gasteiger partial charge in [-0.1, -0.05) is 29.8 Å². The monoisotopic (exact) mass is 388 g/mol. The third-order valence-electron chi connectivity index (χ3n) is 4.33. The van der Waals surface area contributed by atoms with Crippen molar-refractivity contribution in [1.29, 1.82) is 0 Å². The molecule has 2 rings (SSSR count). The van der Waals surface area contributed by atoms with Crippen LogP contribution in [0.5, 0.6) is 0 Å². The molecule has 0 aromatic heterocycles. The lowest BCUT2D eigenvalue weighted by Gasteiger charge is -2.33. The van der Waals surface area contributed by atoms with Crippen LogP contribution in [0.25, 0.3) is 5.73 Å². The van der Waals surface area contributed by atoms with Crippen LogP contribution in [0.3, 0.4) is 0 Å². The molecule has 0 amide bonds. The van der Waals surface area contributed by atoms with Crippen molar-refractivity contribution in [2.75, 3.05) is 33.5 Å². The van der Waals surface area contributed by atoms with E-state index >= 15 is 0 Å². The SMILES string of the molecule is CCOC(=O)C1=C(COCCN)NC(C)=C(C(=O)OC)C1c1ccccc1[NH-]. The summed E-state index contributed by atoms with van der Waals surface area (Å²) < 4.78 is 15.7. The van der Waals surface area contributed by atoms with E-state index in [-0.39, 0.29) is 30.0 Å². The molecule has 1 atom stereocenters. The first-order valence-electron chi connectivity index (χ1n) is 9.00. The van der Waals surface area contributed by atoms with Crippen molar-refractivity contribution in [3.05, 3.63) is 58.1 Å². The first kappa shape index (κ1) is 21.5. The Morgan fingerprint density at radius 1 is 1.21 bits per heavy atom. The number of esters is 2. The Morgan fingerprint density at radius 2 is 1.93 bits per heavy atom. The maximum Gasteiger partial charge on any atom is 0.336 e. The molecule has 0 saturated carbocycles. The van der Waals surface area contributed by atoms with E-state index in [9.17, 15) is 9.59 Å². The number of hydrogen-bond acceptors (Lipinski definition) is 7. The maximum absolute atomic E-state index is 12.9. The molecule has 152 valence electrons. The molecule has 1 heterocycles. The van der Waals surface area contributed by atoms with Gasteiger partial charge < -0.3 is 31.0 Å². The zero-order chi connectivity index (χ0) is 20.7. The molecule has 0 bridgehead atoms. The lowest BCUT2D eigenvalue weighted by atomic mass is 9.79. The predicted octanol–water partition coefficient (Wildman–Crippen LogP) is 2.30. The molecular formula is C20H26N3O5-. The summed E-state index contributed by atoms with van der Waals surface area (Å²) >= 11 is 0. The van der Waals surface area contributed by atoms with Crippen molar-refractivity contribution in [3.63, 3.8) is 0 Å². The van der Waals surface area contributed by atoms with Gasteiger partial charge in [0.25, 0.3) is 0 Å². The molecule has 1 aromatic carbocycles. The van der Waals surface area contributed by atoms with E-state index in [0.29, 0.717) is 30.1 Å². The van der Waals surface area contributed by atoms with E-state index in [1.165, 1.54) is 7.11 Å². The molecule has 4 N–H and O–H groups in total. The van der Waals surface area contributed by atoms with Crippen molar-refractivity contribution in [3.8, 4) is 0 Å². The van der Waals surface area contributed by atoms with Crippen LogP contribution in [0.1, 0.15) is 25.3 Å². The van der Waals surface area contributed by atoms with Crippen molar-refractivity contribution >= 4 is 17.6 Å². The average Bonchev–Trinajstić information content (AvgIpc) is 2.67. The molecule has 1 unspecified atom stereocenters. The summed E-state index contributed by atoms with van der Waals surface area (Å²) in [7, 11) is 1.28. The van der Waals surface area contributed by atoms with Gasteiger partial charge in [-0.2, -0.15) is 0 Å². The van der Waals surface area contributed by atoms with Crippen LogP contribution in [0.2, 0.25) is 0 Å². The van der Waals surface area contributed by atoms with Gasteiger partial charge >= 0.3 is 11.9 Å². The number of ether oxygens (including phenoxy) is 3. The summed E-state index contributed by atoms with van der Waals surface area (Å²) in [6.45, 7) is 4.33. The zero-order valence-corrected chi connectivity index (χ0v) is 16.3. The number of nitrogens with one attached hydrogen (secondary N) is 2. The van der Waals surface area contributed by atoms with E-state index in [1.807, 2.05) is 0 Å². The van der Waals surface area contributed by atoms with Gasteiger partial charge in [-0.3, -0.25) is 0 Å². The second-order valence-corrected chi connectivity index (χ2v) is 6.13. The van der Waals surface area contributed by atoms with E-state index in [1.54, 1.807) is 38.1 Å². The number of allylic oxidation sites excluding steroid dienone is 1. The number of rotatable bonds is 8. The molecule has 1 aliphatic heterocycles. The Morgan fingerprint density at radius 3 is 2.54 bits per heavy atom. The molecular weight excluding hydrogens is 362 g/mol. The molecule has 0 fully saturated rings. The van der Waals surface area contributed by atoms with Gasteiger partial charge in [0.1, 0.15) is 0 Å². The Kier molecular flexibility index (Phi) is 7.60. The highest BCUT2D eigenvalue weighted by Crippen LogP contribution is 2.42. The molecule has 0 radical (unpaired) electrons. The number of nitrogens with two attached hydrogens (primary N) is 1. The van der Waals surface area contributed by atoms with Gasteiger partial charge in [0, 0.05) is 12.2 Å². The van der Waals surface area contributed by atoms with Gasteiger partial charge in [0.05, 0.1) is 49.7 Å². The second-order valence-electron chi connectivity index (χ2n) is 6.13. The van der Waals surface area contributed by atoms with Crippen molar-refractivity contribution in [1.82, 2.24) is 5.32 Å². The number of dihydropyridines is 1. The van der Waals surface area contributed by atoms with Crippen molar-refractivity contribution in [2.45, 2.75) is 19.8 Å². The van der Waals surface area contributed by atoms with Gasteiger partial charge in [0.15, 0.2) is 0 Å². The average molecular weight is 388 g/mol. The summed E-state index contributed by atoms with van der Waals surface area (Å²) in [5.74, 6) is -1.97. The van der Waals surface area contributed by atoms with Crippen LogP contribution in [0.4, 0.5) is 5.69 Å². The normalized spacial score (nSPS) is 16.6. The Balaban J connectivity index is 2.67. The number of benzene rings is 1. The van der Waals surface area contributed by atoms with Gasteiger partial charge in [-0.15, -0.1) is 5.69 Å². The third-order valence-corrected chi connectivity index (χ3v) is 4.33. The first-order valence-corrected chi connectivity index (χ1v) is 9.00. The number of carbonyl (C=O) groups excluding carboxylic acids is 2. The zero-order valence-electron chi connectivity index (χ0n) is 16.3. The summed E-state index contributed by atoms with van der Waals surface area (Å²) in [5.41, 5.74) is 16.0. The second kappa shape index (κ2) is 9.91. The molecule has 28 heavy (non-hydrogen) atoms. The molecule has 0 aliphatic carbocycles. The molecule has 0 spiro atoms. The Hall–Kier alpha value is -2.84. The predicted molar refractivity (Wildman–Crippen MR) is 105 cm³/mol. The molecule has 1 aromatic rings. The van der Waals surface area contributed by atoms with E-state index in [4.69, 9.17) is 25.7 Å². The van der Waals surface area contributed by atoms with Gasteiger partial charge in [-0.25, -0.2) is 9.59 Å². The fourth-order valence-electron chi connectivity index (χ4n) is 3.16. The highest BCUT2D eigenvalue weighted by Gasteiger charge is 2.38. The summed E-state index contributed by atoms with van der Waals surface area (Å²) in [6, 6.07) is 6.80. The molecule has 0 saturated heterocycles. The van der Waals surface area contributed by atoms with Crippen LogP contribution in [-0.4, -0.2) is 45.4 Å². The molecule has 1 aliphatic rings. The lowest BCUT2D eigenvalue weighted by molar-refractivity contribution is -0.139. The van der Waals surface area contributed by atoms with E-state index in [2.05, 4.69) is 5.32 Å². The quantitative estimate of drug-likeness (QED) is 0.517. The smallest absolute Gasteiger partial charge is 0.336 e. The maximum atomic E-state index is 12.9. The van der Waals surface area contributed by atoms with Crippen LogP contribution in [0, 0.1) is 0 Å². The molecule has 8 nitrogen and oxygen atoms in total. The van der Waals surface area contributed by atoms with Crippen LogP contribution in [-0.2, 0) is 23.8 Å². The summed E-state index contributed by atoms with van der Waals surface area (Å²) in [6.07, 6.45) is 0. The molecule has 8 heteroatoms. The lowest BCUT2D eigenvalue weighted by Crippen LogP contribution is -2.35. The van der Waals surface area contributed by atoms with E-state index < -0.39 is 17.9 Å². The number of methoxy groups -OCH3 is 1. The third kappa shape index (κ3) is 4.52. The number of carbonyl (C=O) groups is 2. The topological polar surface area (TPSA) is 124 Å². The summed E-state index contributed by atoms with van der Waals surface area (Å²) in [5, 5.41) is 3.08.